The van der Waals surface area contributed by atoms with E-state index in [1.807, 2.05) is 0 Å². The minimum Gasteiger partial charge on any atom is -0.251 e. The van der Waals surface area contributed by atoms with E-state index in [0.717, 1.165) is 11.6 Å². The fraction of sp³-hybridized carbons (Fsp3) is 0.438. The van der Waals surface area contributed by atoms with E-state index in [-0.39, 0.29) is 0 Å². The Morgan fingerprint density at radius 2 is 2.17 bits per heavy atom. The van der Waals surface area contributed by atoms with Gasteiger partial charge in [0.2, 0.25) is 0 Å². The molecule has 2 aromatic rings. The SMILES string of the molecule is CC1(C)[C@H]2Cc3ccc(-c4cccs4)nc3[C@@H]1C2. The van der Waals surface area contributed by atoms with Crippen molar-refractivity contribution in [1.82, 2.24) is 4.98 Å². The van der Waals surface area contributed by atoms with Gasteiger partial charge in [-0.3, -0.25) is 4.98 Å². The van der Waals surface area contributed by atoms with Crippen LogP contribution < -0.4 is 0 Å². The summed E-state index contributed by atoms with van der Waals surface area (Å²) in [5.41, 5.74) is 4.50. The second-order valence-electron chi connectivity index (χ2n) is 6.23. The van der Waals surface area contributed by atoms with Crippen LogP contribution in [-0.4, -0.2) is 4.98 Å². The fourth-order valence-electron chi connectivity index (χ4n) is 3.63. The predicted molar refractivity (Wildman–Crippen MR) is 75.9 cm³/mol. The third kappa shape index (κ3) is 1.30. The lowest BCUT2D eigenvalue weighted by molar-refractivity contribution is 0.0156. The smallest absolute Gasteiger partial charge is 0.0805 e. The van der Waals surface area contributed by atoms with E-state index >= 15 is 0 Å². The molecular weight excluding hydrogens is 238 g/mol. The van der Waals surface area contributed by atoms with Crippen molar-refractivity contribution in [2.75, 3.05) is 0 Å². The first-order valence-electron chi connectivity index (χ1n) is 6.70. The molecule has 0 amide bonds. The van der Waals surface area contributed by atoms with Crippen molar-refractivity contribution in [2.45, 2.75) is 32.6 Å². The van der Waals surface area contributed by atoms with E-state index in [2.05, 4.69) is 43.5 Å². The van der Waals surface area contributed by atoms with Gasteiger partial charge in [-0.1, -0.05) is 26.0 Å². The van der Waals surface area contributed by atoms with Crippen LogP contribution in [0.3, 0.4) is 0 Å². The van der Waals surface area contributed by atoms with E-state index in [4.69, 9.17) is 4.98 Å². The predicted octanol–water partition coefficient (Wildman–Crippen LogP) is 4.50. The van der Waals surface area contributed by atoms with Crippen molar-refractivity contribution < 1.29 is 0 Å². The minimum atomic E-state index is 0.466. The van der Waals surface area contributed by atoms with Crippen LogP contribution in [0.25, 0.3) is 10.6 Å². The standard InChI is InChI=1S/C16H17NS/c1-16(2)11-8-10-5-6-13(14-4-3-7-18-14)17-15(10)12(16)9-11/h3-7,11-12H,8-9H2,1-2H3/t11-,12-/m0/s1. The quantitative estimate of drug-likeness (QED) is 0.731. The maximum absolute atomic E-state index is 4.98. The summed E-state index contributed by atoms with van der Waals surface area (Å²) in [6.45, 7) is 4.82. The van der Waals surface area contributed by atoms with Gasteiger partial charge in [0.15, 0.2) is 0 Å². The molecule has 0 saturated heterocycles. The van der Waals surface area contributed by atoms with Gasteiger partial charge in [-0.15, -0.1) is 11.3 Å². The minimum absolute atomic E-state index is 0.466. The maximum Gasteiger partial charge on any atom is 0.0805 e. The largest absolute Gasteiger partial charge is 0.251 e. The number of aromatic nitrogens is 1. The number of nitrogens with zero attached hydrogens (tertiary/aromatic N) is 1. The number of hydrogen-bond acceptors (Lipinski definition) is 2. The lowest BCUT2D eigenvalue weighted by Crippen LogP contribution is -2.48. The molecule has 2 bridgehead atoms. The summed E-state index contributed by atoms with van der Waals surface area (Å²) in [6.07, 6.45) is 2.58. The first-order valence-corrected chi connectivity index (χ1v) is 7.58. The monoisotopic (exact) mass is 255 g/mol. The Kier molecular flexibility index (Phi) is 2.06. The molecule has 5 rings (SSSR count). The Morgan fingerprint density at radius 1 is 1.28 bits per heavy atom. The van der Waals surface area contributed by atoms with Crippen LogP contribution in [0.1, 0.15) is 37.4 Å². The highest BCUT2D eigenvalue weighted by molar-refractivity contribution is 7.13. The Bertz CT molecular complexity index is 598. The molecular formula is C16H17NS. The number of thiophene rings is 1. The first-order chi connectivity index (χ1) is 8.66. The number of hydrogen-bond donors (Lipinski definition) is 0. The summed E-state index contributed by atoms with van der Waals surface area (Å²) in [6, 6.07) is 8.77. The Balaban J connectivity index is 1.83. The highest BCUT2D eigenvalue weighted by atomic mass is 32.1. The summed E-state index contributed by atoms with van der Waals surface area (Å²) in [7, 11) is 0. The van der Waals surface area contributed by atoms with E-state index in [9.17, 15) is 0 Å². The second-order valence-corrected chi connectivity index (χ2v) is 7.18. The molecule has 1 fully saturated rings. The normalized spacial score (nSPS) is 27.4. The summed E-state index contributed by atoms with van der Waals surface area (Å²) in [5, 5.41) is 2.12. The van der Waals surface area contributed by atoms with E-state index in [1.54, 1.807) is 11.3 Å². The summed E-state index contributed by atoms with van der Waals surface area (Å²) in [5.74, 6) is 1.57. The number of rotatable bonds is 1. The summed E-state index contributed by atoms with van der Waals surface area (Å²) < 4.78 is 0. The van der Waals surface area contributed by atoms with Crippen LogP contribution in [-0.2, 0) is 6.42 Å². The van der Waals surface area contributed by atoms with Crippen molar-refractivity contribution in [3.63, 3.8) is 0 Å². The van der Waals surface area contributed by atoms with Gasteiger partial charge in [0.05, 0.1) is 10.6 Å². The molecule has 0 N–H and O–H groups in total. The van der Waals surface area contributed by atoms with Gasteiger partial charge in [-0.25, -0.2) is 0 Å². The van der Waals surface area contributed by atoms with Gasteiger partial charge in [0, 0.05) is 11.6 Å². The fourth-order valence-corrected chi connectivity index (χ4v) is 4.33. The van der Waals surface area contributed by atoms with E-state index < -0.39 is 0 Å². The molecule has 1 nitrogen and oxygen atoms in total. The highest BCUT2D eigenvalue weighted by Gasteiger charge is 2.53. The van der Waals surface area contributed by atoms with E-state index in [0.29, 0.717) is 11.3 Å². The molecule has 18 heavy (non-hydrogen) atoms. The third-order valence-corrected chi connectivity index (χ3v) is 5.95. The van der Waals surface area contributed by atoms with Crippen molar-refractivity contribution in [1.29, 1.82) is 0 Å². The van der Waals surface area contributed by atoms with E-state index in [1.165, 1.54) is 29.0 Å². The van der Waals surface area contributed by atoms with Crippen molar-refractivity contribution in [2.24, 2.45) is 11.3 Å². The molecule has 0 aromatic carbocycles. The van der Waals surface area contributed by atoms with Crippen LogP contribution >= 0.6 is 11.3 Å². The van der Waals surface area contributed by atoms with Gasteiger partial charge >= 0.3 is 0 Å². The highest BCUT2D eigenvalue weighted by Crippen LogP contribution is 2.61. The van der Waals surface area contributed by atoms with Gasteiger partial charge in [0.25, 0.3) is 0 Å². The molecule has 2 aromatic heterocycles. The average Bonchev–Trinajstić information content (AvgIpc) is 2.91. The summed E-state index contributed by atoms with van der Waals surface area (Å²) >= 11 is 1.78. The van der Waals surface area contributed by atoms with Gasteiger partial charge in [0.1, 0.15) is 0 Å². The maximum atomic E-state index is 4.98. The molecule has 3 aliphatic carbocycles. The van der Waals surface area contributed by atoms with Crippen LogP contribution in [0.4, 0.5) is 0 Å². The Morgan fingerprint density at radius 3 is 2.89 bits per heavy atom. The first kappa shape index (κ1) is 10.7. The van der Waals surface area contributed by atoms with Crippen LogP contribution in [0.2, 0.25) is 0 Å². The Hall–Kier alpha value is -1.15. The van der Waals surface area contributed by atoms with Crippen molar-refractivity contribution in [3.8, 4) is 10.6 Å². The molecule has 2 heteroatoms. The van der Waals surface area contributed by atoms with Gasteiger partial charge in [-0.05, 0) is 47.3 Å². The zero-order valence-electron chi connectivity index (χ0n) is 10.8. The zero-order chi connectivity index (χ0) is 12.3. The second kappa shape index (κ2) is 3.45. The lowest BCUT2D eigenvalue weighted by Gasteiger charge is -2.56. The molecule has 2 atom stereocenters. The van der Waals surface area contributed by atoms with Gasteiger partial charge < -0.3 is 0 Å². The number of pyridine rings is 1. The third-order valence-electron chi connectivity index (χ3n) is 5.05. The molecule has 0 unspecified atom stereocenters. The van der Waals surface area contributed by atoms with Crippen molar-refractivity contribution in [3.05, 3.63) is 40.9 Å². The zero-order valence-corrected chi connectivity index (χ0v) is 11.6. The molecule has 0 radical (unpaired) electrons. The molecule has 92 valence electrons. The van der Waals surface area contributed by atoms with Gasteiger partial charge in [-0.2, -0.15) is 0 Å². The molecule has 0 spiro atoms. The molecule has 0 aliphatic heterocycles. The summed E-state index contributed by atoms with van der Waals surface area (Å²) in [4.78, 5) is 6.27. The van der Waals surface area contributed by atoms with Crippen molar-refractivity contribution >= 4 is 11.3 Å². The Labute approximate surface area is 112 Å². The van der Waals surface area contributed by atoms with Crippen LogP contribution in [0, 0.1) is 11.3 Å². The molecule has 1 saturated carbocycles. The van der Waals surface area contributed by atoms with Crippen LogP contribution in [0.5, 0.6) is 0 Å². The lowest BCUT2D eigenvalue weighted by atomic mass is 9.48. The van der Waals surface area contributed by atoms with Crippen LogP contribution in [0.15, 0.2) is 29.6 Å². The average molecular weight is 255 g/mol. The molecule has 3 aliphatic rings. The molecule has 2 heterocycles. The topological polar surface area (TPSA) is 12.9 Å².